The summed E-state index contributed by atoms with van der Waals surface area (Å²) >= 11 is 0. The van der Waals surface area contributed by atoms with Crippen LogP contribution in [0.1, 0.15) is 11.1 Å². The van der Waals surface area contributed by atoms with Crippen LogP contribution in [0, 0.1) is 0 Å². The molecule has 2 aromatic carbocycles. The van der Waals surface area contributed by atoms with Crippen LogP contribution in [0.2, 0.25) is 0 Å². The highest BCUT2D eigenvalue weighted by Crippen LogP contribution is 2.11. The van der Waals surface area contributed by atoms with Crippen molar-refractivity contribution in [1.82, 2.24) is 0 Å². The van der Waals surface area contributed by atoms with Crippen molar-refractivity contribution >= 4 is 17.4 Å². The highest BCUT2D eigenvalue weighted by atomic mass is 16.4. The number of rotatable bonds is 4. The van der Waals surface area contributed by atoms with Crippen LogP contribution >= 0.6 is 0 Å². The van der Waals surface area contributed by atoms with Crippen LogP contribution in [-0.4, -0.2) is 17.0 Å². The minimum Gasteiger partial charge on any atom is -0.409 e. The monoisotopic (exact) mass is 269 g/mol. The molecule has 5 heteroatoms. The molecule has 4 N–H and O–H groups in total. The van der Waals surface area contributed by atoms with E-state index in [2.05, 4.69) is 10.5 Å². The maximum Gasteiger partial charge on any atom is 0.228 e. The van der Waals surface area contributed by atoms with Crippen LogP contribution in [0.5, 0.6) is 0 Å². The summed E-state index contributed by atoms with van der Waals surface area (Å²) in [7, 11) is 0. The van der Waals surface area contributed by atoms with Crippen molar-refractivity contribution in [3.05, 3.63) is 65.7 Å². The Bertz CT molecular complexity index is 624. The van der Waals surface area contributed by atoms with E-state index in [1.54, 1.807) is 24.3 Å². The summed E-state index contributed by atoms with van der Waals surface area (Å²) in [6, 6.07) is 16.3. The first-order chi connectivity index (χ1) is 9.69. The third-order valence-electron chi connectivity index (χ3n) is 2.76. The molecule has 0 saturated heterocycles. The van der Waals surface area contributed by atoms with Crippen molar-refractivity contribution in [2.45, 2.75) is 6.42 Å². The fourth-order valence-electron chi connectivity index (χ4n) is 1.80. The van der Waals surface area contributed by atoms with Crippen LogP contribution in [0.4, 0.5) is 5.69 Å². The van der Waals surface area contributed by atoms with Crippen LogP contribution in [0.3, 0.4) is 0 Å². The second kappa shape index (κ2) is 6.38. The Morgan fingerprint density at radius 3 is 2.60 bits per heavy atom. The van der Waals surface area contributed by atoms with Crippen molar-refractivity contribution in [3.63, 3.8) is 0 Å². The summed E-state index contributed by atoms with van der Waals surface area (Å²) in [4.78, 5) is 11.9. The minimum atomic E-state index is -0.118. The third kappa shape index (κ3) is 3.58. The molecule has 0 atom stereocenters. The zero-order valence-electron chi connectivity index (χ0n) is 10.8. The maximum atomic E-state index is 11.9. The lowest BCUT2D eigenvalue weighted by Gasteiger charge is -2.07. The van der Waals surface area contributed by atoms with E-state index in [1.165, 1.54) is 0 Å². The third-order valence-corrected chi connectivity index (χ3v) is 2.76. The lowest BCUT2D eigenvalue weighted by Crippen LogP contribution is -2.16. The van der Waals surface area contributed by atoms with Gasteiger partial charge in [-0.25, -0.2) is 0 Å². The summed E-state index contributed by atoms with van der Waals surface area (Å²) in [6.45, 7) is 0. The van der Waals surface area contributed by atoms with E-state index in [0.717, 1.165) is 5.56 Å². The van der Waals surface area contributed by atoms with Gasteiger partial charge in [0.15, 0.2) is 5.84 Å². The number of carbonyl (C=O) groups is 1. The smallest absolute Gasteiger partial charge is 0.228 e. The Hall–Kier alpha value is -2.82. The molecule has 0 aliphatic carbocycles. The molecule has 0 spiro atoms. The van der Waals surface area contributed by atoms with Gasteiger partial charge in [0.2, 0.25) is 5.91 Å². The number of nitrogens with one attached hydrogen (secondary N) is 1. The van der Waals surface area contributed by atoms with Crippen molar-refractivity contribution in [2.24, 2.45) is 10.9 Å². The van der Waals surface area contributed by atoms with Gasteiger partial charge in [-0.1, -0.05) is 47.6 Å². The molecule has 20 heavy (non-hydrogen) atoms. The molecule has 2 rings (SSSR count). The highest BCUT2D eigenvalue weighted by molar-refractivity contribution is 5.99. The van der Waals surface area contributed by atoms with Crippen LogP contribution in [0.25, 0.3) is 0 Å². The number of nitrogens with two attached hydrogens (primary N) is 1. The number of hydrogen-bond donors (Lipinski definition) is 3. The van der Waals surface area contributed by atoms with Gasteiger partial charge in [-0.2, -0.15) is 0 Å². The molecule has 0 saturated carbocycles. The lowest BCUT2D eigenvalue weighted by atomic mass is 10.1. The molecule has 0 bridgehead atoms. The van der Waals surface area contributed by atoms with E-state index < -0.39 is 0 Å². The number of nitrogens with zero attached hydrogens (tertiary/aromatic N) is 1. The molecule has 0 fully saturated rings. The van der Waals surface area contributed by atoms with E-state index in [4.69, 9.17) is 10.9 Å². The number of carbonyl (C=O) groups excluding carboxylic acids is 1. The normalized spacial score (nSPS) is 11.1. The molecule has 0 aromatic heterocycles. The summed E-state index contributed by atoms with van der Waals surface area (Å²) in [6.07, 6.45) is 0.300. The molecule has 102 valence electrons. The molecule has 0 radical (unpaired) electrons. The van der Waals surface area contributed by atoms with Crippen molar-refractivity contribution in [3.8, 4) is 0 Å². The number of anilines is 1. The van der Waals surface area contributed by atoms with Gasteiger partial charge in [-0.05, 0) is 17.7 Å². The van der Waals surface area contributed by atoms with Gasteiger partial charge in [0.05, 0.1) is 6.42 Å². The maximum absolute atomic E-state index is 11.9. The molecular formula is C15H15N3O2. The number of amides is 1. The Kier molecular flexibility index (Phi) is 4.34. The average molecular weight is 269 g/mol. The van der Waals surface area contributed by atoms with Crippen LogP contribution in [-0.2, 0) is 11.2 Å². The first-order valence-corrected chi connectivity index (χ1v) is 6.11. The van der Waals surface area contributed by atoms with Crippen LogP contribution in [0.15, 0.2) is 59.8 Å². The fraction of sp³-hybridized carbons (Fsp3) is 0.0667. The van der Waals surface area contributed by atoms with Gasteiger partial charge >= 0.3 is 0 Å². The van der Waals surface area contributed by atoms with Gasteiger partial charge in [0.1, 0.15) is 0 Å². The van der Waals surface area contributed by atoms with Gasteiger partial charge in [0.25, 0.3) is 0 Å². The largest absolute Gasteiger partial charge is 0.409 e. The lowest BCUT2D eigenvalue weighted by molar-refractivity contribution is -0.115. The standard InChI is InChI=1S/C15H15N3O2/c16-15(18-20)12-7-4-8-13(10-12)17-14(19)9-11-5-2-1-3-6-11/h1-8,10,20H,9H2,(H2,16,18)(H,17,19). The number of oxime groups is 1. The second-order valence-corrected chi connectivity index (χ2v) is 4.28. The Morgan fingerprint density at radius 2 is 1.90 bits per heavy atom. The Morgan fingerprint density at radius 1 is 1.15 bits per heavy atom. The molecule has 5 nitrogen and oxygen atoms in total. The Labute approximate surface area is 116 Å². The molecule has 0 heterocycles. The Balaban J connectivity index is 2.05. The van der Waals surface area contributed by atoms with Crippen molar-refractivity contribution < 1.29 is 10.0 Å². The second-order valence-electron chi connectivity index (χ2n) is 4.28. The number of amidine groups is 1. The van der Waals surface area contributed by atoms with Gasteiger partial charge in [0, 0.05) is 11.3 Å². The van der Waals surface area contributed by atoms with E-state index in [9.17, 15) is 4.79 Å². The fourth-order valence-corrected chi connectivity index (χ4v) is 1.80. The minimum absolute atomic E-state index is 0.00385. The first-order valence-electron chi connectivity index (χ1n) is 6.11. The zero-order valence-corrected chi connectivity index (χ0v) is 10.8. The number of benzene rings is 2. The van der Waals surface area contributed by atoms with E-state index in [1.807, 2.05) is 30.3 Å². The topological polar surface area (TPSA) is 87.7 Å². The van der Waals surface area contributed by atoms with E-state index in [0.29, 0.717) is 17.7 Å². The molecule has 0 aliphatic rings. The molecular weight excluding hydrogens is 254 g/mol. The number of hydrogen-bond acceptors (Lipinski definition) is 3. The van der Waals surface area contributed by atoms with Gasteiger partial charge in [-0.15, -0.1) is 0 Å². The van der Waals surface area contributed by atoms with E-state index >= 15 is 0 Å². The summed E-state index contributed by atoms with van der Waals surface area (Å²) in [5, 5.41) is 14.3. The van der Waals surface area contributed by atoms with Crippen LogP contribution < -0.4 is 11.1 Å². The highest BCUT2D eigenvalue weighted by Gasteiger charge is 2.05. The molecule has 2 aromatic rings. The quantitative estimate of drug-likeness (QED) is 0.343. The van der Waals surface area contributed by atoms with E-state index in [-0.39, 0.29) is 11.7 Å². The first kappa shape index (κ1) is 13.6. The van der Waals surface area contributed by atoms with Gasteiger partial charge < -0.3 is 16.3 Å². The SMILES string of the molecule is N/C(=N/O)c1cccc(NC(=O)Cc2ccccc2)c1. The van der Waals surface area contributed by atoms with Crippen molar-refractivity contribution in [2.75, 3.05) is 5.32 Å². The molecule has 1 amide bonds. The van der Waals surface area contributed by atoms with Crippen molar-refractivity contribution in [1.29, 1.82) is 0 Å². The summed E-state index contributed by atoms with van der Waals surface area (Å²) in [5.74, 6) is -0.114. The molecule has 0 aliphatic heterocycles. The predicted octanol–water partition coefficient (Wildman–Crippen LogP) is 1.96. The summed E-state index contributed by atoms with van der Waals surface area (Å²) < 4.78 is 0. The predicted molar refractivity (Wildman–Crippen MR) is 77.7 cm³/mol. The average Bonchev–Trinajstić information content (AvgIpc) is 2.47. The molecule has 0 unspecified atom stereocenters. The van der Waals surface area contributed by atoms with Gasteiger partial charge in [-0.3, -0.25) is 4.79 Å². The summed E-state index contributed by atoms with van der Waals surface area (Å²) in [5.41, 5.74) is 7.60. The zero-order chi connectivity index (χ0) is 14.4.